The van der Waals surface area contributed by atoms with Gasteiger partial charge in [-0.2, -0.15) is 11.8 Å². The van der Waals surface area contributed by atoms with Crippen molar-refractivity contribution in [1.29, 1.82) is 0 Å². The van der Waals surface area contributed by atoms with Crippen molar-refractivity contribution in [3.8, 4) is 0 Å². The Bertz CT molecular complexity index is 60.6. The average Bonchev–Trinajstić information content (AvgIpc) is 1.97. The summed E-state index contributed by atoms with van der Waals surface area (Å²) >= 11 is 1.79. The van der Waals surface area contributed by atoms with Crippen LogP contribution >= 0.6 is 11.8 Å². The number of aliphatic hydroxyl groups is 1. The minimum Gasteiger partial charge on any atom is -0.396 e. The molecule has 0 aliphatic carbocycles. The Labute approximate surface area is 67.0 Å². The zero-order valence-electron chi connectivity index (χ0n) is 6.67. The summed E-state index contributed by atoms with van der Waals surface area (Å²) in [5.41, 5.74) is 0. The van der Waals surface area contributed by atoms with Crippen LogP contribution in [0.4, 0.5) is 0 Å². The van der Waals surface area contributed by atoms with Gasteiger partial charge in [0.15, 0.2) is 0 Å². The van der Waals surface area contributed by atoms with Crippen LogP contribution in [0.15, 0.2) is 0 Å². The lowest BCUT2D eigenvalue weighted by Gasteiger charge is -2.08. The molecule has 0 fully saturated rings. The number of hydrogen-bond donors (Lipinski definition) is 1. The Balaban J connectivity index is 3.00. The molecule has 0 aromatic heterocycles. The van der Waals surface area contributed by atoms with Crippen LogP contribution in [0.2, 0.25) is 0 Å². The van der Waals surface area contributed by atoms with Crippen LogP contribution in [0, 0.1) is 0 Å². The second-order valence-electron chi connectivity index (χ2n) is 2.19. The van der Waals surface area contributed by atoms with E-state index in [1.54, 1.807) is 18.9 Å². The fraction of sp³-hybridized carbons (Fsp3) is 1.00. The minimum absolute atomic E-state index is 0.280. The van der Waals surface area contributed by atoms with Gasteiger partial charge in [0.05, 0.1) is 6.61 Å². The molecule has 0 radical (unpaired) electrons. The molecular weight excluding hydrogens is 148 g/mol. The van der Waals surface area contributed by atoms with E-state index in [1.165, 1.54) is 0 Å². The molecule has 2 nitrogen and oxygen atoms in total. The van der Waals surface area contributed by atoms with E-state index < -0.39 is 0 Å². The van der Waals surface area contributed by atoms with E-state index in [-0.39, 0.29) is 6.61 Å². The molecule has 1 N–H and O–H groups in total. The van der Waals surface area contributed by atoms with Gasteiger partial charge in [0.2, 0.25) is 0 Å². The monoisotopic (exact) mass is 164 g/mol. The highest BCUT2D eigenvalue weighted by atomic mass is 32.2. The molecule has 0 aromatic carbocycles. The minimum atomic E-state index is 0.280. The Morgan fingerprint density at radius 1 is 1.60 bits per heavy atom. The lowest BCUT2D eigenvalue weighted by Crippen LogP contribution is -2.03. The largest absolute Gasteiger partial charge is 0.396 e. The molecule has 0 aliphatic rings. The standard InChI is InChI=1S/C7H16O2S/c1-7(3-5-9-2)10-6-4-8/h7-8H,3-6H2,1-2H3. The Kier molecular flexibility index (Phi) is 7.58. The maximum atomic E-state index is 8.49. The third kappa shape index (κ3) is 6.39. The van der Waals surface area contributed by atoms with E-state index in [2.05, 4.69) is 6.92 Å². The van der Waals surface area contributed by atoms with Gasteiger partial charge < -0.3 is 9.84 Å². The van der Waals surface area contributed by atoms with E-state index in [0.717, 1.165) is 18.8 Å². The van der Waals surface area contributed by atoms with Crippen LogP contribution in [0.25, 0.3) is 0 Å². The molecule has 1 atom stereocenters. The van der Waals surface area contributed by atoms with Gasteiger partial charge in [-0.05, 0) is 6.42 Å². The van der Waals surface area contributed by atoms with E-state index in [4.69, 9.17) is 9.84 Å². The van der Waals surface area contributed by atoms with Crippen molar-refractivity contribution in [2.45, 2.75) is 18.6 Å². The number of methoxy groups -OCH3 is 1. The molecule has 62 valence electrons. The average molecular weight is 164 g/mol. The van der Waals surface area contributed by atoms with Crippen molar-refractivity contribution in [2.24, 2.45) is 0 Å². The maximum absolute atomic E-state index is 8.49. The molecule has 0 heterocycles. The fourth-order valence-corrected chi connectivity index (χ4v) is 1.39. The third-order valence-electron chi connectivity index (χ3n) is 1.22. The lowest BCUT2D eigenvalue weighted by atomic mass is 10.3. The second-order valence-corrected chi connectivity index (χ2v) is 3.73. The van der Waals surface area contributed by atoms with Crippen molar-refractivity contribution in [1.82, 2.24) is 0 Å². The summed E-state index contributed by atoms with van der Waals surface area (Å²) in [4.78, 5) is 0. The van der Waals surface area contributed by atoms with Gasteiger partial charge in [-0.1, -0.05) is 6.92 Å². The van der Waals surface area contributed by atoms with Crippen molar-refractivity contribution in [3.63, 3.8) is 0 Å². The smallest absolute Gasteiger partial charge is 0.0521 e. The first-order valence-electron chi connectivity index (χ1n) is 3.52. The Morgan fingerprint density at radius 3 is 2.80 bits per heavy atom. The second kappa shape index (κ2) is 7.38. The quantitative estimate of drug-likeness (QED) is 0.638. The summed E-state index contributed by atoms with van der Waals surface area (Å²) in [5, 5.41) is 9.09. The van der Waals surface area contributed by atoms with Crippen LogP contribution in [0.5, 0.6) is 0 Å². The highest BCUT2D eigenvalue weighted by Gasteiger charge is 1.99. The summed E-state index contributed by atoms with van der Waals surface area (Å²) in [7, 11) is 1.71. The predicted molar refractivity (Wildman–Crippen MR) is 45.5 cm³/mol. The summed E-state index contributed by atoms with van der Waals surface area (Å²) < 4.78 is 4.92. The van der Waals surface area contributed by atoms with Gasteiger partial charge in [-0.15, -0.1) is 0 Å². The van der Waals surface area contributed by atoms with E-state index in [0.29, 0.717) is 5.25 Å². The zero-order chi connectivity index (χ0) is 7.82. The van der Waals surface area contributed by atoms with Crippen molar-refractivity contribution in [3.05, 3.63) is 0 Å². The Hall–Kier alpha value is 0.270. The molecule has 0 bridgehead atoms. The number of rotatable bonds is 6. The Morgan fingerprint density at radius 2 is 2.30 bits per heavy atom. The van der Waals surface area contributed by atoms with Crippen LogP contribution in [0.3, 0.4) is 0 Å². The van der Waals surface area contributed by atoms with Gasteiger partial charge in [0.25, 0.3) is 0 Å². The molecule has 0 aromatic rings. The number of ether oxygens (including phenoxy) is 1. The maximum Gasteiger partial charge on any atom is 0.0521 e. The molecule has 0 saturated heterocycles. The molecule has 0 amide bonds. The SMILES string of the molecule is COCCC(C)SCCO. The van der Waals surface area contributed by atoms with Crippen molar-refractivity contribution in [2.75, 3.05) is 26.1 Å². The molecule has 0 aliphatic heterocycles. The van der Waals surface area contributed by atoms with Crippen LogP contribution in [-0.4, -0.2) is 36.4 Å². The molecule has 10 heavy (non-hydrogen) atoms. The number of hydrogen-bond acceptors (Lipinski definition) is 3. The van der Waals surface area contributed by atoms with Crippen LogP contribution in [0.1, 0.15) is 13.3 Å². The number of aliphatic hydroxyl groups excluding tert-OH is 1. The van der Waals surface area contributed by atoms with Crippen LogP contribution < -0.4 is 0 Å². The summed E-state index contributed by atoms with van der Waals surface area (Å²) in [6.45, 7) is 3.25. The predicted octanol–water partition coefficient (Wildman–Crippen LogP) is 1.14. The zero-order valence-corrected chi connectivity index (χ0v) is 7.49. The molecule has 3 heteroatoms. The molecule has 0 rings (SSSR count). The van der Waals surface area contributed by atoms with E-state index >= 15 is 0 Å². The highest BCUT2D eigenvalue weighted by molar-refractivity contribution is 7.99. The number of thioether (sulfide) groups is 1. The molecular formula is C7H16O2S. The first-order valence-corrected chi connectivity index (χ1v) is 4.57. The normalized spacial score (nSPS) is 13.5. The van der Waals surface area contributed by atoms with Gasteiger partial charge in [-0.25, -0.2) is 0 Å². The van der Waals surface area contributed by atoms with E-state index in [9.17, 15) is 0 Å². The van der Waals surface area contributed by atoms with Gasteiger partial charge >= 0.3 is 0 Å². The van der Waals surface area contributed by atoms with Gasteiger partial charge in [0, 0.05) is 24.7 Å². The highest BCUT2D eigenvalue weighted by Crippen LogP contribution is 2.12. The molecule has 0 spiro atoms. The first-order chi connectivity index (χ1) is 4.81. The molecule has 1 unspecified atom stereocenters. The first kappa shape index (κ1) is 10.3. The lowest BCUT2D eigenvalue weighted by molar-refractivity contribution is 0.195. The molecule has 0 saturated carbocycles. The van der Waals surface area contributed by atoms with Crippen molar-refractivity contribution >= 4 is 11.8 Å². The topological polar surface area (TPSA) is 29.5 Å². The van der Waals surface area contributed by atoms with Crippen LogP contribution in [-0.2, 0) is 4.74 Å². The van der Waals surface area contributed by atoms with Crippen molar-refractivity contribution < 1.29 is 9.84 Å². The van der Waals surface area contributed by atoms with E-state index in [1.807, 2.05) is 0 Å². The third-order valence-corrected chi connectivity index (χ3v) is 2.45. The fourth-order valence-electron chi connectivity index (χ4n) is 0.621. The summed E-state index contributed by atoms with van der Waals surface area (Å²) in [5.74, 6) is 0.838. The van der Waals surface area contributed by atoms with Gasteiger partial charge in [-0.3, -0.25) is 0 Å². The van der Waals surface area contributed by atoms with Gasteiger partial charge in [0.1, 0.15) is 0 Å². The summed E-state index contributed by atoms with van der Waals surface area (Å²) in [6.07, 6.45) is 1.07. The summed E-state index contributed by atoms with van der Waals surface area (Å²) in [6, 6.07) is 0.